The van der Waals surface area contributed by atoms with E-state index in [1.54, 1.807) is 24.3 Å². The number of benzene rings is 4. The van der Waals surface area contributed by atoms with Gasteiger partial charge in [0.15, 0.2) is 0 Å². The number of aliphatic hydroxyl groups is 1. The van der Waals surface area contributed by atoms with Gasteiger partial charge in [0.05, 0.1) is 24.3 Å². The number of amides is 2. The first-order chi connectivity index (χ1) is 30.5. The summed E-state index contributed by atoms with van der Waals surface area (Å²) in [5.74, 6) is -0.165. The highest BCUT2D eigenvalue weighted by Crippen LogP contribution is 2.31. The van der Waals surface area contributed by atoms with Gasteiger partial charge in [0.2, 0.25) is 5.56 Å². The van der Waals surface area contributed by atoms with E-state index in [1.807, 2.05) is 80.6 Å². The van der Waals surface area contributed by atoms with Gasteiger partial charge in [-0.25, -0.2) is 9.59 Å². The third-order valence-electron chi connectivity index (χ3n) is 11.9. The number of H-pyrrole nitrogens is 1. The quantitative estimate of drug-likeness (QED) is 0.0414. The number of carbonyl (C=O) groups is 3. The summed E-state index contributed by atoms with van der Waals surface area (Å²) in [5.41, 5.74) is 3.51. The van der Waals surface area contributed by atoms with Gasteiger partial charge in [-0.1, -0.05) is 74.5 Å². The van der Waals surface area contributed by atoms with Crippen molar-refractivity contribution in [3.05, 3.63) is 141 Å². The normalized spacial score (nSPS) is 18.3. The summed E-state index contributed by atoms with van der Waals surface area (Å²) < 4.78 is 17.7. The Morgan fingerprint density at radius 3 is 2.37 bits per heavy atom. The molecule has 2 unspecified atom stereocenters. The maximum atomic E-state index is 13.3. The zero-order valence-corrected chi connectivity index (χ0v) is 35.8. The molecule has 2 bridgehead atoms. The van der Waals surface area contributed by atoms with Crippen LogP contribution in [0.15, 0.2) is 108 Å². The Hall–Kier alpha value is -6.22. The smallest absolute Gasteiger partial charge is 0.408 e. The topological polar surface area (TPSA) is 192 Å². The molecule has 8 rings (SSSR count). The number of esters is 1. The van der Waals surface area contributed by atoms with Crippen LogP contribution >= 0.6 is 0 Å². The number of hydrogen-bond donors (Lipinski definition) is 6. The van der Waals surface area contributed by atoms with Crippen molar-refractivity contribution in [1.29, 1.82) is 0 Å². The molecule has 63 heavy (non-hydrogen) atoms. The number of carbonyl (C=O) groups excluding carboxylic acids is 3. The number of aromatic hydroxyl groups is 1. The van der Waals surface area contributed by atoms with Crippen molar-refractivity contribution < 1.29 is 38.8 Å². The third-order valence-corrected chi connectivity index (χ3v) is 11.9. The molecular formula is C49H57N5O9. The first-order valence-corrected chi connectivity index (χ1v) is 21.8. The number of aromatic nitrogens is 1. The monoisotopic (exact) mass is 859 g/mol. The van der Waals surface area contributed by atoms with E-state index in [4.69, 9.17) is 14.2 Å². The van der Waals surface area contributed by atoms with Crippen LogP contribution < -0.4 is 26.2 Å². The van der Waals surface area contributed by atoms with Crippen LogP contribution in [0.5, 0.6) is 11.5 Å². The van der Waals surface area contributed by atoms with E-state index in [0.29, 0.717) is 47.6 Å². The van der Waals surface area contributed by atoms with E-state index >= 15 is 0 Å². The molecule has 3 saturated heterocycles. The lowest BCUT2D eigenvalue weighted by Gasteiger charge is -2.43. The van der Waals surface area contributed by atoms with E-state index in [0.717, 1.165) is 49.2 Å². The zero-order chi connectivity index (χ0) is 44.3. The summed E-state index contributed by atoms with van der Waals surface area (Å²) >= 11 is 0. The standard InChI is InChI=1S/C49H57N5O9/c1-31(2)44(48(59)61-26-7-6-23-50-28-41(56)38-17-19-40(55)46-39(38)18-20-43(57)51-46)52-47(58)35-15-13-32(14-16-35)30-62-37-12-8-11-36(27-37)45(34-9-4-3-5-10-34)53-49(60)63-42-29-54-24-21-33(42)22-25-54/h3-5,8-20,27,31,33,41-42,44-45,50,55-56H,6-7,21-26,28-30H2,1-2H3,(H,51,57)(H,52,58)(H,53,60)/t41-,42+,44?,45?/m1/s1. The minimum Gasteiger partial charge on any atom is -0.506 e. The fourth-order valence-electron chi connectivity index (χ4n) is 8.28. The molecule has 0 radical (unpaired) electrons. The van der Waals surface area contributed by atoms with Crippen LogP contribution in [0.25, 0.3) is 10.9 Å². The molecule has 5 aromatic rings. The van der Waals surface area contributed by atoms with E-state index in [1.165, 1.54) is 12.1 Å². The minimum atomic E-state index is -0.873. The predicted octanol–water partition coefficient (Wildman–Crippen LogP) is 6.12. The number of pyridine rings is 1. The van der Waals surface area contributed by atoms with Crippen LogP contribution in [-0.2, 0) is 20.9 Å². The number of phenolic OH excluding ortho intramolecular Hbond substituents is 1. The van der Waals surface area contributed by atoms with E-state index in [9.17, 15) is 29.4 Å². The predicted molar refractivity (Wildman–Crippen MR) is 238 cm³/mol. The minimum absolute atomic E-state index is 0.0698. The van der Waals surface area contributed by atoms with Gasteiger partial charge in [0.25, 0.3) is 5.91 Å². The van der Waals surface area contributed by atoms with Gasteiger partial charge < -0.3 is 45.4 Å². The highest BCUT2D eigenvalue weighted by Gasteiger charge is 2.37. The number of aliphatic hydroxyl groups excluding tert-OH is 1. The Morgan fingerprint density at radius 1 is 0.873 bits per heavy atom. The van der Waals surface area contributed by atoms with Gasteiger partial charge in [0.1, 0.15) is 30.3 Å². The molecule has 0 saturated carbocycles. The fourth-order valence-corrected chi connectivity index (χ4v) is 8.28. The second kappa shape index (κ2) is 21.2. The third kappa shape index (κ3) is 11.8. The molecule has 0 aliphatic carbocycles. The Morgan fingerprint density at radius 2 is 1.63 bits per heavy atom. The van der Waals surface area contributed by atoms with Crippen molar-refractivity contribution in [3.63, 3.8) is 0 Å². The zero-order valence-electron chi connectivity index (χ0n) is 35.8. The molecule has 6 N–H and O–H groups in total. The molecule has 14 nitrogen and oxygen atoms in total. The number of rotatable bonds is 19. The van der Waals surface area contributed by atoms with Gasteiger partial charge >= 0.3 is 12.1 Å². The van der Waals surface area contributed by atoms with Crippen molar-refractivity contribution >= 4 is 28.9 Å². The number of ether oxygens (including phenoxy) is 3. The molecule has 4 aromatic carbocycles. The Balaban J connectivity index is 0.849. The summed E-state index contributed by atoms with van der Waals surface area (Å²) in [5, 5.41) is 30.6. The molecule has 4 atom stereocenters. The number of piperidine rings is 3. The van der Waals surface area contributed by atoms with E-state index in [2.05, 4.69) is 25.8 Å². The van der Waals surface area contributed by atoms with Crippen LogP contribution in [0.4, 0.5) is 4.79 Å². The number of hydrogen-bond acceptors (Lipinski definition) is 11. The number of alkyl carbamates (subject to hydrolysis) is 1. The SMILES string of the molecule is CC(C)C(NC(=O)c1ccc(COc2cccc(C(NC(=O)O[C@H]3CN4CCC3CC4)c3ccccc3)c2)cc1)C(=O)OCCCCNC[C@@H](O)c1ccc(O)c2[nH]c(=O)ccc12. The van der Waals surface area contributed by atoms with Gasteiger partial charge in [-0.2, -0.15) is 0 Å². The largest absolute Gasteiger partial charge is 0.506 e. The number of aromatic amines is 1. The number of unbranched alkanes of at least 4 members (excludes halogenated alkanes) is 1. The van der Waals surface area contributed by atoms with Crippen LogP contribution in [0, 0.1) is 11.8 Å². The molecule has 332 valence electrons. The van der Waals surface area contributed by atoms with Gasteiger partial charge in [0, 0.05) is 30.1 Å². The summed E-state index contributed by atoms with van der Waals surface area (Å²) in [7, 11) is 0. The van der Waals surface area contributed by atoms with Crippen LogP contribution in [0.2, 0.25) is 0 Å². The average Bonchev–Trinajstić information content (AvgIpc) is 3.30. The Labute approximate surface area is 367 Å². The van der Waals surface area contributed by atoms with Crippen molar-refractivity contribution in [1.82, 2.24) is 25.8 Å². The number of fused-ring (bicyclic) bond motifs is 4. The molecular weight excluding hydrogens is 803 g/mol. The first-order valence-electron chi connectivity index (χ1n) is 21.8. The molecule has 0 spiro atoms. The van der Waals surface area contributed by atoms with Gasteiger partial charge in [-0.3, -0.25) is 14.5 Å². The van der Waals surface area contributed by atoms with Gasteiger partial charge in [-0.05, 0) is 116 Å². The Bertz CT molecular complexity index is 2380. The summed E-state index contributed by atoms with van der Waals surface area (Å²) in [6.45, 7) is 7.82. The molecule has 1 aromatic heterocycles. The fraction of sp³-hybridized carbons (Fsp3) is 0.388. The maximum absolute atomic E-state index is 13.3. The highest BCUT2D eigenvalue weighted by molar-refractivity contribution is 5.97. The molecule has 4 heterocycles. The Kier molecular flexibility index (Phi) is 15.1. The molecule has 3 fully saturated rings. The van der Waals surface area contributed by atoms with Crippen LogP contribution in [0.3, 0.4) is 0 Å². The summed E-state index contributed by atoms with van der Waals surface area (Å²) in [6.07, 6.45) is 1.94. The summed E-state index contributed by atoms with van der Waals surface area (Å²) in [6, 6.07) is 29.1. The molecule has 3 aliphatic heterocycles. The summed E-state index contributed by atoms with van der Waals surface area (Å²) in [4.78, 5) is 56.2. The van der Waals surface area contributed by atoms with Crippen molar-refractivity contribution in [3.8, 4) is 11.5 Å². The van der Waals surface area contributed by atoms with E-state index in [-0.39, 0.29) is 48.6 Å². The second-order valence-electron chi connectivity index (χ2n) is 16.7. The molecule has 14 heteroatoms. The van der Waals surface area contributed by atoms with Crippen LogP contribution in [-0.4, -0.2) is 89.5 Å². The van der Waals surface area contributed by atoms with Crippen molar-refractivity contribution in [2.24, 2.45) is 11.8 Å². The first kappa shape index (κ1) is 44.8. The number of nitrogens with zero attached hydrogens (tertiary/aromatic N) is 1. The molecule has 2 amide bonds. The lowest BCUT2D eigenvalue weighted by atomic mass is 9.86. The van der Waals surface area contributed by atoms with E-state index < -0.39 is 36.2 Å². The maximum Gasteiger partial charge on any atom is 0.408 e. The van der Waals surface area contributed by atoms with Gasteiger partial charge in [-0.15, -0.1) is 0 Å². The van der Waals surface area contributed by atoms with Crippen LogP contribution in [0.1, 0.15) is 84.3 Å². The second-order valence-corrected chi connectivity index (χ2v) is 16.7. The lowest BCUT2D eigenvalue weighted by molar-refractivity contribution is -0.147. The lowest BCUT2D eigenvalue weighted by Crippen LogP contribution is -2.52. The average molecular weight is 860 g/mol. The van der Waals surface area contributed by atoms with Crippen molar-refractivity contribution in [2.75, 3.05) is 39.3 Å². The molecule has 3 aliphatic rings. The highest BCUT2D eigenvalue weighted by atomic mass is 16.6. The number of phenols is 1. The van der Waals surface area contributed by atoms with Crippen molar-refractivity contribution in [2.45, 2.75) is 70.4 Å². The number of nitrogens with one attached hydrogen (secondary N) is 4.